The van der Waals surface area contributed by atoms with Crippen LogP contribution < -0.4 is 5.32 Å². The summed E-state index contributed by atoms with van der Waals surface area (Å²) in [6, 6.07) is 6.84. The second kappa shape index (κ2) is 4.26. The van der Waals surface area contributed by atoms with Crippen molar-refractivity contribution in [2.45, 2.75) is 19.9 Å². The minimum atomic E-state index is -0.244. The van der Waals surface area contributed by atoms with E-state index in [1.165, 1.54) is 6.26 Å². The number of nitrogens with one attached hydrogen (secondary N) is 1. The van der Waals surface area contributed by atoms with Crippen molar-refractivity contribution in [3.05, 3.63) is 47.8 Å². The van der Waals surface area contributed by atoms with Crippen molar-refractivity contribution in [3.8, 4) is 0 Å². The maximum Gasteiger partial charge on any atom is 0.287 e. The maximum atomic E-state index is 11.6. The summed E-state index contributed by atoms with van der Waals surface area (Å²) in [5, 5.41) is 2.79. The molecular weight excluding hydrogens is 206 g/mol. The van der Waals surface area contributed by atoms with Crippen molar-refractivity contribution in [2.75, 3.05) is 0 Å². The SMILES string of the molecule is Cc1ccc([C@H](C)NC(=O)c2ccco2)o1. The van der Waals surface area contributed by atoms with Crippen LogP contribution in [0, 0.1) is 6.92 Å². The molecule has 0 bridgehead atoms. The lowest BCUT2D eigenvalue weighted by Crippen LogP contribution is -2.25. The molecule has 0 aliphatic rings. The van der Waals surface area contributed by atoms with Crippen LogP contribution in [0.5, 0.6) is 0 Å². The molecule has 0 unspecified atom stereocenters. The molecule has 1 atom stereocenters. The number of hydrogen-bond acceptors (Lipinski definition) is 3. The Bertz CT molecular complexity index is 470. The normalized spacial score (nSPS) is 12.4. The summed E-state index contributed by atoms with van der Waals surface area (Å²) in [7, 11) is 0. The summed E-state index contributed by atoms with van der Waals surface area (Å²) >= 11 is 0. The molecule has 4 heteroatoms. The summed E-state index contributed by atoms with van der Waals surface area (Å²) in [5.41, 5.74) is 0. The standard InChI is InChI=1S/C12H13NO3/c1-8-5-6-10(16-8)9(2)13-12(14)11-4-3-7-15-11/h3-7,9H,1-2H3,(H,13,14)/t9-/m0/s1. The molecule has 0 saturated heterocycles. The van der Waals surface area contributed by atoms with Crippen LogP contribution in [0.2, 0.25) is 0 Å². The topological polar surface area (TPSA) is 55.4 Å². The molecule has 0 aliphatic heterocycles. The van der Waals surface area contributed by atoms with Gasteiger partial charge in [-0.3, -0.25) is 4.79 Å². The summed E-state index contributed by atoms with van der Waals surface area (Å²) in [4.78, 5) is 11.6. The van der Waals surface area contributed by atoms with Gasteiger partial charge in [-0.2, -0.15) is 0 Å². The average molecular weight is 219 g/mol. The van der Waals surface area contributed by atoms with Gasteiger partial charge in [0.25, 0.3) is 5.91 Å². The van der Waals surface area contributed by atoms with E-state index in [-0.39, 0.29) is 11.9 Å². The van der Waals surface area contributed by atoms with Gasteiger partial charge in [0, 0.05) is 0 Å². The molecular formula is C12H13NO3. The Hall–Kier alpha value is -1.97. The summed E-state index contributed by atoms with van der Waals surface area (Å²) in [6.45, 7) is 3.73. The van der Waals surface area contributed by atoms with E-state index in [9.17, 15) is 4.79 Å². The highest BCUT2D eigenvalue weighted by molar-refractivity contribution is 5.91. The second-order valence-corrected chi connectivity index (χ2v) is 3.62. The number of rotatable bonds is 3. The Balaban J connectivity index is 2.03. The van der Waals surface area contributed by atoms with Crippen molar-refractivity contribution in [3.63, 3.8) is 0 Å². The molecule has 0 radical (unpaired) electrons. The largest absolute Gasteiger partial charge is 0.464 e. The molecule has 84 valence electrons. The van der Waals surface area contributed by atoms with E-state index in [4.69, 9.17) is 8.83 Å². The van der Waals surface area contributed by atoms with Gasteiger partial charge in [0.05, 0.1) is 12.3 Å². The van der Waals surface area contributed by atoms with Gasteiger partial charge in [0.2, 0.25) is 0 Å². The molecule has 4 nitrogen and oxygen atoms in total. The van der Waals surface area contributed by atoms with Crippen molar-refractivity contribution >= 4 is 5.91 Å². The van der Waals surface area contributed by atoms with Crippen molar-refractivity contribution in [2.24, 2.45) is 0 Å². The van der Waals surface area contributed by atoms with Gasteiger partial charge in [-0.1, -0.05) is 0 Å². The van der Waals surface area contributed by atoms with Crippen molar-refractivity contribution in [1.29, 1.82) is 0 Å². The van der Waals surface area contributed by atoms with Crippen LogP contribution >= 0.6 is 0 Å². The first-order chi connectivity index (χ1) is 7.66. The minimum absolute atomic E-state index is 0.175. The van der Waals surface area contributed by atoms with Crippen LogP contribution in [0.4, 0.5) is 0 Å². The molecule has 2 aromatic rings. The Morgan fingerprint density at radius 3 is 2.75 bits per heavy atom. The number of amides is 1. The van der Waals surface area contributed by atoms with Crippen molar-refractivity contribution < 1.29 is 13.6 Å². The summed E-state index contributed by atoms with van der Waals surface area (Å²) in [6.07, 6.45) is 1.47. The van der Waals surface area contributed by atoms with Crippen LogP contribution in [0.3, 0.4) is 0 Å². The van der Waals surface area contributed by atoms with E-state index < -0.39 is 0 Å². The molecule has 0 saturated carbocycles. The van der Waals surface area contributed by atoms with Gasteiger partial charge in [0.15, 0.2) is 5.76 Å². The smallest absolute Gasteiger partial charge is 0.287 e. The molecule has 0 aliphatic carbocycles. The zero-order chi connectivity index (χ0) is 11.5. The number of carbonyl (C=O) groups is 1. The van der Waals surface area contributed by atoms with Gasteiger partial charge >= 0.3 is 0 Å². The average Bonchev–Trinajstić information content (AvgIpc) is 2.87. The highest BCUT2D eigenvalue weighted by Crippen LogP contribution is 2.16. The molecule has 2 rings (SSSR count). The van der Waals surface area contributed by atoms with E-state index in [1.807, 2.05) is 26.0 Å². The van der Waals surface area contributed by atoms with E-state index >= 15 is 0 Å². The number of hydrogen-bond donors (Lipinski definition) is 1. The van der Waals surface area contributed by atoms with Crippen LogP contribution in [0.15, 0.2) is 39.4 Å². The first-order valence-electron chi connectivity index (χ1n) is 5.07. The van der Waals surface area contributed by atoms with Gasteiger partial charge < -0.3 is 14.2 Å². The van der Waals surface area contributed by atoms with Gasteiger partial charge in [-0.05, 0) is 38.1 Å². The summed E-state index contributed by atoms with van der Waals surface area (Å²) in [5.74, 6) is 1.62. The number of furan rings is 2. The zero-order valence-electron chi connectivity index (χ0n) is 9.19. The van der Waals surface area contributed by atoms with Gasteiger partial charge in [0.1, 0.15) is 11.5 Å². The fraction of sp³-hybridized carbons (Fsp3) is 0.250. The van der Waals surface area contributed by atoms with E-state index in [1.54, 1.807) is 12.1 Å². The van der Waals surface area contributed by atoms with Crippen LogP contribution in [0.1, 0.15) is 35.0 Å². The fourth-order valence-corrected chi connectivity index (χ4v) is 1.43. The third-order valence-electron chi connectivity index (χ3n) is 2.28. The third-order valence-corrected chi connectivity index (χ3v) is 2.28. The first kappa shape index (κ1) is 10.5. The Morgan fingerprint density at radius 2 is 2.19 bits per heavy atom. The lowest BCUT2D eigenvalue weighted by atomic mass is 10.2. The van der Waals surface area contributed by atoms with Crippen molar-refractivity contribution in [1.82, 2.24) is 5.32 Å². The highest BCUT2D eigenvalue weighted by Gasteiger charge is 2.15. The number of carbonyl (C=O) groups excluding carboxylic acids is 1. The van der Waals surface area contributed by atoms with E-state index in [0.717, 1.165) is 11.5 Å². The quantitative estimate of drug-likeness (QED) is 0.863. The lowest BCUT2D eigenvalue weighted by molar-refractivity contribution is 0.0907. The van der Waals surface area contributed by atoms with Gasteiger partial charge in [-0.25, -0.2) is 0 Å². The maximum absolute atomic E-state index is 11.6. The Labute approximate surface area is 93.2 Å². The second-order valence-electron chi connectivity index (χ2n) is 3.62. The highest BCUT2D eigenvalue weighted by atomic mass is 16.3. The zero-order valence-corrected chi connectivity index (χ0v) is 9.19. The predicted octanol–water partition coefficient (Wildman–Crippen LogP) is 2.67. The lowest BCUT2D eigenvalue weighted by Gasteiger charge is -2.09. The van der Waals surface area contributed by atoms with Crippen LogP contribution in [-0.4, -0.2) is 5.91 Å². The van der Waals surface area contributed by atoms with Crippen LogP contribution in [0.25, 0.3) is 0 Å². The Morgan fingerprint density at radius 1 is 1.38 bits per heavy atom. The molecule has 0 fully saturated rings. The fourth-order valence-electron chi connectivity index (χ4n) is 1.43. The van der Waals surface area contributed by atoms with E-state index in [2.05, 4.69) is 5.32 Å². The molecule has 0 aromatic carbocycles. The first-order valence-corrected chi connectivity index (χ1v) is 5.07. The molecule has 2 aromatic heterocycles. The minimum Gasteiger partial charge on any atom is -0.464 e. The molecule has 1 amide bonds. The van der Waals surface area contributed by atoms with Gasteiger partial charge in [-0.15, -0.1) is 0 Å². The molecule has 2 heterocycles. The third kappa shape index (κ3) is 2.16. The Kier molecular flexibility index (Phi) is 2.81. The molecule has 16 heavy (non-hydrogen) atoms. The number of aryl methyl sites for hydroxylation is 1. The predicted molar refractivity (Wildman–Crippen MR) is 58.0 cm³/mol. The van der Waals surface area contributed by atoms with E-state index in [0.29, 0.717) is 5.76 Å². The molecule has 0 spiro atoms. The summed E-state index contributed by atoms with van der Waals surface area (Å²) < 4.78 is 10.4. The van der Waals surface area contributed by atoms with Crippen LogP contribution in [-0.2, 0) is 0 Å². The molecule has 1 N–H and O–H groups in total. The monoisotopic (exact) mass is 219 g/mol.